The van der Waals surface area contributed by atoms with Gasteiger partial charge in [-0.15, -0.1) is 0 Å². The van der Waals surface area contributed by atoms with Gasteiger partial charge in [0.05, 0.1) is 11.8 Å². The SMILES string of the molecule is Cn1cc(-c2cc3c(cc2NC(=O)C(=CN)c2ncccn2)CC(C)(C)O3)cn1. The van der Waals surface area contributed by atoms with Crippen molar-refractivity contribution in [3.63, 3.8) is 0 Å². The molecular formula is C21H22N6O2. The van der Waals surface area contributed by atoms with Crippen molar-refractivity contribution in [1.29, 1.82) is 0 Å². The third kappa shape index (κ3) is 3.69. The van der Waals surface area contributed by atoms with E-state index < -0.39 is 0 Å². The Bertz CT molecular complexity index is 1100. The zero-order valence-electron chi connectivity index (χ0n) is 16.5. The Labute approximate surface area is 168 Å². The number of benzene rings is 1. The molecule has 3 aromatic rings. The van der Waals surface area contributed by atoms with Gasteiger partial charge in [-0.2, -0.15) is 5.10 Å². The van der Waals surface area contributed by atoms with Crippen LogP contribution in [0.2, 0.25) is 0 Å². The quantitative estimate of drug-likeness (QED) is 0.663. The van der Waals surface area contributed by atoms with E-state index in [0.29, 0.717) is 5.69 Å². The van der Waals surface area contributed by atoms with Crippen LogP contribution in [0.1, 0.15) is 25.2 Å². The summed E-state index contributed by atoms with van der Waals surface area (Å²) in [6, 6.07) is 5.57. The summed E-state index contributed by atoms with van der Waals surface area (Å²) in [4.78, 5) is 21.2. The Balaban J connectivity index is 1.74. The summed E-state index contributed by atoms with van der Waals surface area (Å²) in [6.07, 6.45) is 8.73. The van der Waals surface area contributed by atoms with Gasteiger partial charge >= 0.3 is 0 Å². The second-order valence-electron chi connectivity index (χ2n) is 7.55. The van der Waals surface area contributed by atoms with Crippen molar-refractivity contribution < 1.29 is 9.53 Å². The second-order valence-corrected chi connectivity index (χ2v) is 7.55. The fourth-order valence-electron chi connectivity index (χ4n) is 3.43. The first-order valence-corrected chi connectivity index (χ1v) is 9.22. The van der Waals surface area contributed by atoms with Crippen LogP contribution in [-0.4, -0.2) is 31.3 Å². The minimum absolute atomic E-state index is 0.194. The van der Waals surface area contributed by atoms with Crippen molar-refractivity contribution in [2.24, 2.45) is 12.8 Å². The van der Waals surface area contributed by atoms with E-state index in [0.717, 1.165) is 28.9 Å². The number of hydrogen-bond donors (Lipinski definition) is 2. The summed E-state index contributed by atoms with van der Waals surface area (Å²) in [6.45, 7) is 4.08. The van der Waals surface area contributed by atoms with Crippen LogP contribution in [0.3, 0.4) is 0 Å². The number of nitrogens with zero attached hydrogens (tertiary/aromatic N) is 4. The molecule has 0 saturated heterocycles. The van der Waals surface area contributed by atoms with Gasteiger partial charge in [0.2, 0.25) is 0 Å². The molecule has 8 heteroatoms. The van der Waals surface area contributed by atoms with Gasteiger partial charge in [0.15, 0.2) is 5.82 Å². The highest BCUT2D eigenvalue weighted by molar-refractivity contribution is 6.24. The van der Waals surface area contributed by atoms with E-state index in [1.54, 1.807) is 29.3 Å². The van der Waals surface area contributed by atoms with E-state index >= 15 is 0 Å². The van der Waals surface area contributed by atoms with E-state index in [4.69, 9.17) is 10.5 Å². The number of nitrogens with two attached hydrogens (primary N) is 1. The summed E-state index contributed by atoms with van der Waals surface area (Å²) in [5, 5.41) is 7.21. The number of aromatic nitrogens is 4. The molecule has 29 heavy (non-hydrogen) atoms. The number of carbonyl (C=O) groups excluding carboxylic acids is 1. The molecule has 148 valence electrons. The molecule has 4 rings (SSSR count). The average molecular weight is 390 g/mol. The molecule has 3 heterocycles. The zero-order chi connectivity index (χ0) is 20.6. The lowest BCUT2D eigenvalue weighted by atomic mass is 9.98. The van der Waals surface area contributed by atoms with E-state index in [-0.39, 0.29) is 22.9 Å². The number of nitrogens with one attached hydrogen (secondary N) is 1. The Morgan fingerprint density at radius 2 is 2.07 bits per heavy atom. The van der Waals surface area contributed by atoms with Gasteiger partial charge in [0, 0.05) is 60.6 Å². The highest BCUT2D eigenvalue weighted by Crippen LogP contribution is 2.41. The number of anilines is 1. The van der Waals surface area contributed by atoms with E-state index in [1.807, 2.05) is 39.2 Å². The van der Waals surface area contributed by atoms with Crippen molar-refractivity contribution in [3.05, 3.63) is 60.6 Å². The Kier molecular flexibility index (Phi) is 4.54. The van der Waals surface area contributed by atoms with Gasteiger partial charge < -0.3 is 15.8 Å². The number of carbonyl (C=O) groups is 1. The van der Waals surface area contributed by atoms with Gasteiger partial charge in [-0.1, -0.05) is 0 Å². The number of fused-ring (bicyclic) bond motifs is 1. The fourth-order valence-corrected chi connectivity index (χ4v) is 3.43. The van der Waals surface area contributed by atoms with E-state index in [1.165, 1.54) is 6.20 Å². The topological polar surface area (TPSA) is 108 Å². The standard InChI is InChI=1S/C21H22N6O2/c1-21(2)9-13-7-17(15(8-18(13)29-21)14-11-25-27(3)12-14)26-20(28)16(10-22)19-23-5-4-6-24-19/h4-8,10-12H,9,22H2,1-3H3,(H,26,28). The maximum absolute atomic E-state index is 13.0. The molecule has 0 unspecified atom stereocenters. The predicted molar refractivity (Wildman–Crippen MR) is 110 cm³/mol. The number of aryl methyl sites for hydroxylation is 1. The van der Waals surface area contributed by atoms with Crippen molar-refractivity contribution in [3.8, 4) is 16.9 Å². The lowest BCUT2D eigenvalue weighted by Gasteiger charge is -2.17. The molecule has 1 amide bonds. The third-order valence-corrected chi connectivity index (χ3v) is 4.69. The molecule has 1 aliphatic rings. The molecule has 1 aliphatic heterocycles. The summed E-state index contributed by atoms with van der Waals surface area (Å²) in [5.74, 6) is 0.691. The van der Waals surface area contributed by atoms with Crippen molar-refractivity contribution >= 4 is 17.2 Å². The maximum atomic E-state index is 13.0. The Morgan fingerprint density at radius 3 is 2.72 bits per heavy atom. The molecule has 1 aromatic carbocycles. The third-order valence-electron chi connectivity index (χ3n) is 4.69. The van der Waals surface area contributed by atoms with Crippen LogP contribution < -0.4 is 15.8 Å². The molecule has 2 aromatic heterocycles. The average Bonchev–Trinajstić information content (AvgIpc) is 3.23. The van der Waals surface area contributed by atoms with Crippen molar-refractivity contribution in [1.82, 2.24) is 19.7 Å². The Morgan fingerprint density at radius 1 is 1.31 bits per heavy atom. The van der Waals surface area contributed by atoms with Crippen LogP contribution in [0.4, 0.5) is 5.69 Å². The van der Waals surface area contributed by atoms with Crippen LogP contribution in [0, 0.1) is 0 Å². The molecule has 0 spiro atoms. The van der Waals surface area contributed by atoms with Crippen molar-refractivity contribution in [2.75, 3.05) is 5.32 Å². The first-order valence-electron chi connectivity index (χ1n) is 9.22. The Hall–Kier alpha value is -3.68. The largest absolute Gasteiger partial charge is 0.487 e. The highest BCUT2D eigenvalue weighted by Gasteiger charge is 2.31. The van der Waals surface area contributed by atoms with Gasteiger partial charge in [-0.3, -0.25) is 9.48 Å². The molecule has 3 N–H and O–H groups in total. The molecular weight excluding hydrogens is 368 g/mol. The molecule has 0 bridgehead atoms. The van der Waals surface area contributed by atoms with Crippen LogP contribution in [0.15, 0.2) is 49.2 Å². The molecule has 0 aliphatic carbocycles. The van der Waals surface area contributed by atoms with Crippen LogP contribution >= 0.6 is 0 Å². The minimum atomic E-state index is -0.387. The molecule has 0 fully saturated rings. The minimum Gasteiger partial charge on any atom is -0.487 e. The molecule has 0 atom stereocenters. The number of ether oxygens (including phenoxy) is 1. The van der Waals surface area contributed by atoms with Gasteiger partial charge in [-0.05, 0) is 32.0 Å². The number of rotatable bonds is 4. The lowest BCUT2D eigenvalue weighted by molar-refractivity contribution is -0.111. The number of amides is 1. The summed E-state index contributed by atoms with van der Waals surface area (Å²) in [7, 11) is 1.84. The molecule has 0 saturated carbocycles. The monoisotopic (exact) mass is 390 g/mol. The smallest absolute Gasteiger partial charge is 0.260 e. The van der Waals surface area contributed by atoms with Crippen molar-refractivity contribution in [2.45, 2.75) is 25.9 Å². The van der Waals surface area contributed by atoms with Gasteiger partial charge in [0.1, 0.15) is 11.4 Å². The normalized spacial score (nSPS) is 14.9. The van der Waals surface area contributed by atoms with E-state index in [9.17, 15) is 4.79 Å². The zero-order valence-corrected chi connectivity index (χ0v) is 16.5. The first kappa shape index (κ1) is 18.7. The first-order chi connectivity index (χ1) is 13.9. The lowest BCUT2D eigenvalue weighted by Crippen LogP contribution is -2.24. The summed E-state index contributed by atoms with van der Waals surface area (Å²) < 4.78 is 7.78. The maximum Gasteiger partial charge on any atom is 0.260 e. The molecule has 8 nitrogen and oxygen atoms in total. The second kappa shape index (κ2) is 7.05. The van der Waals surface area contributed by atoms with Crippen LogP contribution in [0.25, 0.3) is 16.7 Å². The van der Waals surface area contributed by atoms with Crippen LogP contribution in [0.5, 0.6) is 5.75 Å². The number of hydrogen-bond acceptors (Lipinski definition) is 6. The van der Waals surface area contributed by atoms with Gasteiger partial charge in [-0.25, -0.2) is 9.97 Å². The van der Waals surface area contributed by atoms with Crippen LogP contribution in [-0.2, 0) is 18.3 Å². The van der Waals surface area contributed by atoms with E-state index in [2.05, 4.69) is 20.4 Å². The highest BCUT2D eigenvalue weighted by atomic mass is 16.5. The fraction of sp³-hybridized carbons (Fsp3) is 0.238. The summed E-state index contributed by atoms with van der Waals surface area (Å²) in [5.41, 5.74) is 8.97. The predicted octanol–water partition coefficient (Wildman–Crippen LogP) is 2.53. The molecule has 0 radical (unpaired) electrons. The van der Waals surface area contributed by atoms with Gasteiger partial charge in [0.25, 0.3) is 5.91 Å². The summed E-state index contributed by atoms with van der Waals surface area (Å²) >= 11 is 0.